The van der Waals surface area contributed by atoms with Crippen molar-refractivity contribution in [2.45, 2.75) is 70.8 Å². The van der Waals surface area contributed by atoms with E-state index in [2.05, 4.69) is 39.5 Å². The van der Waals surface area contributed by atoms with Crippen molar-refractivity contribution in [3.05, 3.63) is 65.9 Å². The summed E-state index contributed by atoms with van der Waals surface area (Å²) >= 11 is 0. The second-order valence-electron chi connectivity index (χ2n) is 10.2. The molecule has 7 nitrogen and oxygen atoms in total. The molecule has 2 heterocycles. The van der Waals surface area contributed by atoms with Gasteiger partial charge in [0.15, 0.2) is 5.82 Å². The van der Waals surface area contributed by atoms with Crippen LogP contribution >= 0.6 is 0 Å². The Morgan fingerprint density at radius 1 is 1.00 bits per heavy atom. The zero-order valence-corrected chi connectivity index (χ0v) is 21.7. The van der Waals surface area contributed by atoms with E-state index in [0.717, 1.165) is 61.4 Å². The van der Waals surface area contributed by atoms with Crippen LogP contribution in [0.5, 0.6) is 0 Å². The number of fused-ring (bicyclic) bond motifs is 2. The van der Waals surface area contributed by atoms with Crippen molar-refractivity contribution in [1.29, 1.82) is 0 Å². The van der Waals surface area contributed by atoms with Gasteiger partial charge in [0.2, 0.25) is 5.95 Å². The Labute approximate surface area is 218 Å². The Balaban J connectivity index is 1.37. The van der Waals surface area contributed by atoms with Crippen LogP contribution in [0.1, 0.15) is 74.2 Å². The van der Waals surface area contributed by atoms with Crippen LogP contribution in [0.2, 0.25) is 0 Å². The summed E-state index contributed by atoms with van der Waals surface area (Å²) in [5.74, 6) is 1.51. The van der Waals surface area contributed by atoms with Crippen molar-refractivity contribution in [2.75, 3.05) is 22.2 Å². The number of hydrogen-bond donors (Lipinski definition) is 1. The number of rotatable bonds is 9. The summed E-state index contributed by atoms with van der Waals surface area (Å²) in [6.45, 7) is 1.66. The molecule has 1 aromatic heterocycles. The molecule has 5 rings (SSSR count). The number of benzene rings is 2. The Morgan fingerprint density at radius 2 is 1.76 bits per heavy atom. The molecule has 1 aliphatic heterocycles. The molecule has 7 heteroatoms. The lowest BCUT2D eigenvalue weighted by Gasteiger charge is -2.31. The second-order valence-corrected chi connectivity index (χ2v) is 10.2. The largest absolute Gasteiger partial charge is 0.324 e. The number of nitrogens with zero attached hydrogens (tertiary/aromatic N) is 4. The quantitative estimate of drug-likeness (QED) is 0.336. The molecule has 0 saturated heterocycles. The van der Waals surface area contributed by atoms with Crippen LogP contribution in [-0.2, 0) is 11.2 Å². The summed E-state index contributed by atoms with van der Waals surface area (Å²) in [7, 11) is 1.80. The lowest BCUT2D eigenvalue weighted by Crippen LogP contribution is -2.30. The van der Waals surface area contributed by atoms with Gasteiger partial charge in [-0.2, -0.15) is 4.98 Å². The number of carbonyl (C=O) groups is 2. The highest BCUT2D eigenvalue weighted by atomic mass is 16.2. The average Bonchev–Trinajstić information content (AvgIpc) is 3.41. The van der Waals surface area contributed by atoms with E-state index < -0.39 is 0 Å². The monoisotopic (exact) mass is 497 g/mol. The maximum absolute atomic E-state index is 13.3. The zero-order valence-electron chi connectivity index (χ0n) is 21.7. The van der Waals surface area contributed by atoms with Gasteiger partial charge in [-0.05, 0) is 68.9 Å². The molecule has 1 N–H and O–H groups in total. The number of nitrogens with one attached hydrogen (secondary N) is 1. The molecular weight excluding hydrogens is 462 g/mol. The van der Waals surface area contributed by atoms with E-state index in [-0.39, 0.29) is 11.7 Å². The second kappa shape index (κ2) is 11.1. The van der Waals surface area contributed by atoms with Gasteiger partial charge in [0.25, 0.3) is 5.91 Å². The van der Waals surface area contributed by atoms with Crippen LogP contribution in [0.25, 0.3) is 0 Å². The molecule has 0 unspecified atom stereocenters. The number of aryl methyl sites for hydroxylation is 1. The van der Waals surface area contributed by atoms with Crippen molar-refractivity contribution in [2.24, 2.45) is 0 Å². The van der Waals surface area contributed by atoms with E-state index in [1.165, 1.54) is 18.4 Å². The van der Waals surface area contributed by atoms with Gasteiger partial charge in [-0.3, -0.25) is 4.79 Å². The highest BCUT2D eigenvalue weighted by Gasteiger charge is 2.35. The number of ketones is 1. The number of para-hydroxylation sites is 1. The lowest BCUT2D eigenvalue weighted by molar-refractivity contribution is -0.117. The summed E-state index contributed by atoms with van der Waals surface area (Å²) in [4.78, 5) is 37.9. The van der Waals surface area contributed by atoms with Crippen LogP contribution in [0.3, 0.4) is 0 Å². The van der Waals surface area contributed by atoms with E-state index in [1.807, 2.05) is 24.3 Å². The standard InChI is InChI=1S/C30H35N5O2/c1-21(36)10-4-3-5-11-22-16-18-23(19-17-22)32-30-31-20-27-28(33-30)35(24-12-6-7-13-24)26-15-9-8-14-25(26)29(37)34(27)2/h8-9,14-20,24H,3-7,10-13H2,1-2H3,(H,31,32,33). The summed E-state index contributed by atoms with van der Waals surface area (Å²) in [5.41, 5.74) is 4.54. The van der Waals surface area contributed by atoms with Gasteiger partial charge in [0.05, 0.1) is 17.4 Å². The molecule has 2 aliphatic rings. The fraction of sp³-hybridized carbons (Fsp3) is 0.400. The summed E-state index contributed by atoms with van der Waals surface area (Å²) in [6, 6.07) is 16.5. The van der Waals surface area contributed by atoms with Crippen LogP contribution < -0.4 is 15.1 Å². The van der Waals surface area contributed by atoms with E-state index in [1.54, 1.807) is 25.1 Å². The predicted molar refractivity (Wildman–Crippen MR) is 148 cm³/mol. The topological polar surface area (TPSA) is 78.4 Å². The number of Topliss-reactive ketones (excluding diaryl/α,β-unsaturated/α-hetero) is 1. The third-order valence-corrected chi connectivity index (χ3v) is 7.43. The van der Waals surface area contributed by atoms with E-state index in [9.17, 15) is 9.59 Å². The molecule has 2 aromatic carbocycles. The first-order chi connectivity index (χ1) is 18.0. The van der Waals surface area contributed by atoms with Crippen molar-refractivity contribution < 1.29 is 9.59 Å². The molecule has 3 aromatic rings. The molecule has 0 radical (unpaired) electrons. The minimum Gasteiger partial charge on any atom is -0.324 e. The first-order valence-corrected chi connectivity index (χ1v) is 13.4. The number of anilines is 5. The highest BCUT2D eigenvalue weighted by molar-refractivity contribution is 6.13. The number of unbranched alkanes of at least 4 members (excludes halogenated alkanes) is 2. The van der Waals surface area contributed by atoms with Crippen LogP contribution in [0.4, 0.5) is 28.8 Å². The summed E-state index contributed by atoms with van der Waals surface area (Å²) in [6.07, 6.45) is 11.1. The summed E-state index contributed by atoms with van der Waals surface area (Å²) in [5, 5.41) is 3.36. The van der Waals surface area contributed by atoms with E-state index in [4.69, 9.17) is 4.98 Å². The molecule has 37 heavy (non-hydrogen) atoms. The van der Waals surface area contributed by atoms with Crippen molar-refractivity contribution >= 4 is 40.5 Å². The Bertz CT molecular complexity index is 1270. The minimum atomic E-state index is -0.0430. The third-order valence-electron chi connectivity index (χ3n) is 7.43. The molecule has 0 bridgehead atoms. The van der Waals surface area contributed by atoms with Gasteiger partial charge in [-0.25, -0.2) is 4.98 Å². The van der Waals surface area contributed by atoms with Crippen molar-refractivity contribution in [3.8, 4) is 0 Å². The van der Waals surface area contributed by atoms with Crippen molar-refractivity contribution in [1.82, 2.24) is 9.97 Å². The molecule has 0 spiro atoms. The number of amides is 1. The smallest absolute Gasteiger partial charge is 0.260 e. The number of hydrogen-bond acceptors (Lipinski definition) is 6. The van der Waals surface area contributed by atoms with Crippen molar-refractivity contribution in [3.63, 3.8) is 0 Å². The first kappa shape index (κ1) is 24.9. The Kier molecular flexibility index (Phi) is 7.49. The molecule has 1 amide bonds. The van der Waals surface area contributed by atoms with Gasteiger partial charge in [0.1, 0.15) is 11.5 Å². The maximum atomic E-state index is 13.3. The van der Waals surface area contributed by atoms with E-state index >= 15 is 0 Å². The van der Waals surface area contributed by atoms with Gasteiger partial charge < -0.3 is 19.9 Å². The number of carbonyl (C=O) groups excluding carboxylic acids is 2. The van der Waals surface area contributed by atoms with Gasteiger partial charge in [0, 0.05) is 25.2 Å². The normalized spacial score (nSPS) is 15.4. The first-order valence-electron chi connectivity index (χ1n) is 13.4. The summed E-state index contributed by atoms with van der Waals surface area (Å²) < 4.78 is 0. The molecule has 1 fully saturated rings. The molecule has 192 valence electrons. The van der Waals surface area contributed by atoms with E-state index in [0.29, 0.717) is 24.0 Å². The highest BCUT2D eigenvalue weighted by Crippen LogP contribution is 2.43. The maximum Gasteiger partial charge on any atom is 0.260 e. The molecular formula is C30H35N5O2. The molecule has 1 aliphatic carbocycles. The predicted octanol–water partition coefficient (Wildman–Crippen LogP) is 6.58. The fourth-order valence-corrected chi connectivity index (χ4v) is 5.41. The van der Waals surface area contributed by atoms with Crippen LogP contribution in [-0.4, -0.2) is 34.7 Å². The average molecular weight is 498 g/mol. The minimum absolute atomic E-state index is 0.0430. The van der Waals surface area contributed by atoms with Crippen LogP contribution in [0, 0.1) is 0 Å². The van der Waals surface area contributed by atoms with Crippen LogP contribution in [0.15, 0.2) is 54.7 Å². The SMILES string of the molecule is CC(=O)CCCCCc1ccc(Nc2ncc3c(n2)N(C2CCCC2)c2ccccc2C(=O)N3C)cc1. The van der Waals surface area contributed by atoms with Gasteiger partial charge in [-0.15, -0.1) is 0 Å². The Hall–Kier alpha value is -3.74. The molecule has 0 atom stereocenters. The van der Waals surface area contributed by atoms with Gasteiger partial charge in [-0.1, -0.05) is 43.5 Å². The fourth-order valence-electron chi connectivity index (χ4n) is 5.41. The Morgan fingerprint density at radius 3 is 2.51 bits per heavy atom. The zero-order chi connectivity index (χ0) is 25.8. The molecule has 1 saturated carbocycles. The van der Waals surface area contributed by atoms with Gasteiger partial charge >= 0.3 is 0 Å². The third kappa shape index (κ3) is 5.50. The lowest BCUT2D eigenvalue weighted by atomic mass is 10.1. The number of aromatic nitrogens is 2.